The molecule has 1 aromatic heterocycles. The van der Waals surface area contributed by atoms with Crippen LogP contribution in [0.3, 0.4) is 0 Å². The van der Waals surface area contributed by atoms with Crippen LogP contribution in [0, 0.1) is 0 Å². The van der Waals surface area contributed by atoms with Crippen LogP contribution in [0.5, 0.6) is 11.6 Å². The second kappa shape index (κ2) is 5.90. The van der Waals surface area contributed by atoms with E-state index in [1.54, 1.807) is 36.5 Å². The number of pyridine rings is 1. The van der Waals surface area contributed by atoms with E-state index in [1.165, 1.54) is 0 Å². The molecule has 0 radical (unpaired) electrons. The van der Waals surface area contributed by atoms with Crippen molar-refractivity contribution < 1.29 is 9.94 Å². The molecule has 1 aromatic carbocycles. The van der Waals surface area contributed by atoms with Crippen LogP contribution in [-0.4, -0.2) is 16.0 Å². The van der Waals surface area contributed by atoms with Crippen molar-refractivity contribution in [2.75, 3.05) is 0 Å². The standard InChI is InChI=1S/C12H9BrClN3O2/c13-9-6-7(14)3-4-10(9)19-12-8(11(15)17-18)2-1-5-16-12/h1-6,18H,(H2,15,17). The highest BCUT2D eigenvalue weighted by Gasteiger charge is 2.12. The Labute approximate surface area is 122 Å². The molecule has 0 unspecified atom stereocenters. The zero-order chi connectivity index (χ0) is 13.8. The maximum absolute atomic E-state index is 8.72. The van der Waals surface area contributed by atoms with Gasteiger partial charge in [0.05, 0.1) is 10.0 Å². The minimum absolute atomic E-state index is 0.0758. The number of ether oxygens (including phenoxy) is 1. The van der Waals surface area contributed by atoms with Crippen LogP contribution >= 0.6 is 27.5 Å². The maximum Gasteiger partial charge on any atom is 0.230 e. The SMILES string of the molecule is N/C(=N\O)c1cccnc1Oc1ccc(Cl)cc1Br. The Kier molecular flexibility index (Phi) is 4.24. The van der Waals surface area contributed by atoms with Gasteiger partial charge in [0.25, 0.3) is 0 Å². The van der Waals surface area contributed by atoms with Gasteiger partial charge in [-0.25, -0.2) is 4.98 Å². The first kappa shape index (κ1) is 13.6. The number of hydrogen-bond donors (Lipinski definition) is 2. The van der Waals surface area contributed by atoms with E-state index >= 15 is 0 Å². The van der Waals surface area contributed by atoms with E-state index in [0.717, 1.165) is 0 Å². The Balaban J connectivity index is 2.38. The lowest BCUT2D eigenvalue weighted by Crippen LogP contribution is -2.14. The molecule has 0 saturated carbocycles. The van der Waals surface area contributed by atoms with E-state index in [9.17, 15) is 0 Å². The Morgan fingerprint density at radius 2 is 2.21 bits per heavy atom. The van der Waals surface area contributed by atoms with Crippen LogP contribution in [0.2, 0.25) is 5.02 Å². The van der Waals surface area contributed by atoms with Gasteiger partial charge in [0.15, 0.2) is 5.84 Å². The molecule has 1 heterocycles. The van der Waals surface area contributed by atoms with Crippen molar-refractivity contribution in [2.45, 2.75) is 0 Å². The lowest BCUT2D eigenvalue weighted by molar-refractivity contribution is 0.318. The topological polar surface area (TPSA) is 80.7 Å². The summed E-state index contributed by atoms with van der Waals surface area (Å²) in [5.41, 5.74) is 5.95. The van der Waals surface area contributed by atoms with Gasteiger partial charge in [0.2, 0.25) is 5.88 Å². The quantitative estimate of drug-likeness (QED) is 0.388. The van der Waals surface area contributed by atoms with Crippen molar-refractivity contribution in [1.29, 1.82) is 0 Å². The summed E-state index contributed by atoms with van der Waals surface area (Å²) in [5.74, 6) is 0.684. The molecule has 0 aliphatic carbocycles. The molecule has 0 aliphatic heterocycles. The molecule has 0 saturated heterocycles. The second-order valence-electron chi connectivity index (χ2n) is 3.52. The van der Waals surface area contributed by atoms with Crippen LogP contribution in [0.4, 0.5) is 0 Å². The fourth-order valence-electron chi connectivity index (χ4n) is 1.38. The Morgan fingerprint density at radius 3 is 2.89 bits per heavy atom. The predicted octanol–water partition coefficient (Wildman–Crippen LogP) is 3.38. The third kappa shape index (κ3) is 3.15. The fraction of sp³-hybridized carbons (Fsp3) is 0. The summed E-state index contributed by atoms with van der Waals surface area (Å²) in [6.45, 7) is 0. The summed E-state index contributed by atoms with van der Waals surface area (Å²) in [5, 5.41) is 12.2. The van der Waals surface area contributed by atoms with Crippen molar-refractivity contribution in [3.63, 3.8) is 0 Å². The van der Waals surface area contributed by atoms with Crippen molar-refractivity contribution >= 4 is 33.4 Å². The minimum atomic E-state index is -0.0758. The highest BCUT2D eigenvalue weighted by atomic mass is 79.9. The lowest BCUT2D eigenvalue weighted by Gasteiger charge is -2.10. The Bertz CT molecular complexity index is 634. The van der Waals surface area contributed by atoms with E-state index in [-0.39, 0.29) is 11.7 Å². The van der Waals surface area contributed by atoms with Crippen molar-refractivity contribution in [2.24, 2.45) is 10.9 Å². The summed E-state index contributed by atoms with van der Waals surface area (Å²) in [4.78, 5) is 4.06. The van der Waals surface area contributed by atoms with Gasteiger partial charge in [-0.1, -0.05) is 16.8 Å². The summed E-state index contributed by atoms with van der Waals surface area (Å²) >= 11 is 9.19. The van der Waals surface area contributed by atoms with E-state index in [0.29, 0.717) is 20.8 Å². The molecule has 2 aromatic rings. The van der Waals surface area contributed by atoms with Gasteiger partial charge in [-0.15, -0.1) is 0 Å². The number of nitrogens with two attached hydrogens (primary N) is 1. The third-order valence-corrected chi connectivity index (χ3v) is 3.11. The molecular weight excluding hydrogens is 334 g/mol. The van der Waals surface area contributed by atoms with Crippen molar-refractivity contribution in [3.8, 4) is 11.6 Å². The first-order valence-corrected chi connectivity index (χ1v) is 6.34. The average Bonchev–Trinajstić information content (AvgIpc) is 2.41. The number of aromatic nitrogens is 1. The first-order valence-electron chi connectivity index (χ1n) is 5.17. The Hall–Kier alpha value is -1.79. The van der Waals surface area contributed by atoms with Crippen LogP contribution in [0.1, 0.15) is 5.56 Å². The number of rotatable bonds is 3. The molecule has 0 atom stereocenters. The molecule has 0 spiro atoms. The summed E-state index contributed by atoms with van der Waals surface area (Å²) in [7, 11) is 0. The van der Waals surface area contributed by atoms with Crippen molar-refractivity contribution in [3.05, 3.63) is 51.6 Å². The number of nitrogens with zero attached hydrogens (tertiary/aromatic N) is 2. The Morgan fingerprint density at radius 1 is 1.42 bits per heavy atom. The molecular formula is C12H9BrClN3O2. The van der Waals surface area contributed by atoms with Crippen LogP contribution < -0.4 is 10.5 Å². The van der Waals surface area contributed by atoms with Gasteiger partial charge in [0, 0.05) is 11.2 Å². The molecule has 0 aliphatic rings. The zero-order valence-electron chi connectivity index (χ0n) is 9.55. The lowest BCUT2D eigenvalue weighted by atomic mass is 10.2. The molecule has 0 fully saturated rings. The maximum atomic E-state index is 8.72. The first-order chi connectivity index (χ1) is 9.11. The molecule has 0 amide bonds. The number of amidine groups is 1. The van der Waals surface area contributed by atoms with Crippen molar-refractivity contribution in [1.82, 2.24) is 4.98 Å². The smallest absolute Gasteiger partial charge is 0.230 e. The molecule has 19 heavy (non-hydrogen) atoms. The molecule has 0 bridgehead atoms. The van der Waals surface area contributed by atoms with Crippen LogP contribution in [0.25, 0.3) is 0 Å². The van der Waals surface area contributed by atoms with E-state index in [4.69, 9.17) is 27.3 Å². The average molecular weight is 343 g/mol. The normalized spacial score (nSPS) is 11.4. The van der Waals surface area contributed by atoms with Crippen LogP contribution in [-0.2, 0) is 0 Å². The molecule has 5 nitrogen and oxygen atoms in total. The fourth-order valence-corrected chi connectivity index (χ4v) is 2.15. The van der Waals surface area contributed by atoms with Gasteiger partial charge in [-0.05, 0) is 46.3 Å². The van der Waals surface area contributed by atoms with Crippen LogP contribution in [0.15, 0.2) is 46.2 Å². The van der Waals surface area contributed by atoms with E-state index in [1.807, 2.05) is 0 Å². The highest BCUT2D eigenvalue weighted by molar-refractivity contribution is 9.10. The third-order valence-electron chi connectivity index (χ3n) is 2.26. The molecule has 2 rings (SSSR count). The van der Waals surface area contributed by atoms with E-state index < -0.39 is 0 Å². The number of benzene rings is 1. The van der Waals surface area contributed by atoms with Gasteiger partial charge in [-0.2, -0.15) is 0 Å². The largest absolute Gasteiger partial charge is 0.437 e. The van der Waals surface area contributed by atoms with Gasteiger partial charge < -0.3 is 15.7 Å². The number of halogens is 2. The highest BCUT2D eigenvalue weighted by Crippen LogP contribution is 2.32. The predicted molar refractivity (Wildman–Crippen MR) is 76.0 cm³/mol. The molecule has 98 valence electrons. The summed E-state index contributed by atoms with van der Waals surface area (Å²) < 4.78 is 6.31. The summed E-state index contributed by atoms with van der Waals surface area (Å²) in [6.07, 6.45) is 1.55. The molecule has 7 heteroatoms. The number of oxime groups is 1. The zero-order valence-corrected chi connectivity index (χ0v) is 11.9. The monoisotopic (exact) mass is 341 g/mol. The van der Waals surface area contributed by atoms with Gasteiger partial charge >= 0.3 is 0 Å². The number of hydrogen-bond acceptors (Lipinski definition) is 4. The summed E-state index contributed by atoms with van der Waals surface area (Å²) in [6, 6.07) is 8.38. The van der Waals surface area contributed by atoms with Gasteiger partial charge in [-0.3, -0.25) is 0 Å². The second-order valence-corrected chi connectivity index (χ2v) is 4.81. The van der Waals surface area contributed by atoms with E-state index in [2.05, 4.69) is 26.1 Å². The van der Waals surface area contributed by atoms with Gasteiger partial charge in [0.1, 0.15) is 5.75 Å². The minimum Gasteiger partial charge on any atom is -0.437 e. The molecule has 3 N–H and O–H groups in total.